The first-order valence-electron chi connectivity index (χ1n) is 8.23. The highest BCUT2D eigenvalue weighted by Gasteiger charge is 2.21. The molecule has 24 heavy (non-hydrogen) atoms. The topological polar surface area (TPSA) is 103 Å². The fraction of sp³-hybridized carbons (Fsp3) is 0.562. The van der Waals surface area contributed by atoms with E-state index in [1.165, 1.54) is 4.68 Å². The molecule has 8 heteroatoms. The van der Waals surface area contributed by atoms with Crippen molar-refractivity contribution in [3.63, 3.8) is 0 Å². The van der Waals surface area contributed by atoms with Gasteiger partial charge in [0.05, 0.1) is 5.69 Å². The van der Waals surface area contributed by atoms with Crippen LogP contribution in [0.3, 0.4) is 0 Å². The summed E-state index contributed by atoms with van der Waals surface area (Å²) < 4.78 is 6.30. The Morgan fingerprint density at radius 2 is 2.29 bits per heavy atom. The molecule has 3 rings (SSSR count). The van der Waals surface area contributed by atoms with Crippen molar-refractivity contribution >= 4 is 5.91 Å². The predicted molar refractivity (Wildman–Crippen MR) is 85.6 cm³/mol. The summed E-state index contributed by atoms with van der Waals surface area (Å²) in [7, 11) is 0. The minimum atomic E-state index is -0.631. The molecule has 1 N–H and O–H groups in total. The zero-order valence-corrected chi connectivity index (χ0v) is 13.9. The molecule has 0 saturated heterocycles. The van der Waals surface area contributed by atoms with Gasteiger partial charge in [-0.25, -0.2) is 4.68 Å². The molecule has 0 spiro atoms. The van der Waals surface area contributed by atoms with Crippen molar-refractivity contribution in [1.29, 1.82) is 0 Å². The van der Waals surface area contributed by atoms with Gasteiger partial charge >= 0.3 is 0 Å². The maximum absolute atomic E-state index is 12.2. The van der Waals surface area contributed by atoms with E-state index in [9.17, 15) is 9.59 Å². The van der Waals surface area contributed by atoms with Crippen LogP contribution in [0, 0.1) is 6.92 Å². The zero-order valence-electron chi connectivity index (χ0n) is 13.9. The second-order valence-corrected chi connectivity index (χ2v) is 6.06. The largest absolute Gasteiger partial charge is 0.354 e. The van der Waals surface area contributed by atoms with Crippen LogP contribution in [0.1, 0.15) is 48.8 Å². The molecule has 1 atom stereocenters. The number of rotatable bonds is 6. The highest BCUT2D eigenvalue weighted by atomic mass is 16.5. The standard InChI is InChI=1S/C16H21N5O3/c1-10(21-15(22)9-12-5-3-6-13(12)19-21)16(23)17-8-4-7-14-18-11(2)20-24-14/h9-10H,3-8H2,1-2H3,(H,17,23). The lowest BCUT2D eigenvalue weighted by atomic mass is 10.2. The Hall–Kier alpha value is -2.51. The van der Waals surface area contributed by atoms with Gasteiger partial charge in [-0.1, -0.05) is 5.16 Å². The molecule has 2 heterocycles. The number of carbonyl (C=O) groups excluding carboxylic acids is 1. The van der Waals surface area contributed by atoms with Gasteiger partial charge in [-0.05, 0) is 45.1 Å². The Kier molecular flexibility index (Phi) is 4.73. The van der Waals surface area contributed by atoms with Crippen LogP contribution in [0.15, 0.2) is 15.4 Å². The molecule has 0 bridgehead atoms. The average molecular weight is 331 g/mol. The zero-order chi connectivity index (χ0) is 17.1. The highest BCUT2D eigenvalue weighted by molar-refractivity contribution is 5.79. The van der Waals surface area contributed by atoms with E-state index >= 15 is 0 Å². The van der Waals surface area contributed by atoms with Crippen molar-refractivity contribution in [1.82, 2.24) is 25.2 Å². The van der Waals surface area contributed by atoms with E-state index in [1.807, 2.05) is 0 Å². The fourth-order valence-corrected chi connectivity index (χ4v) is 2.84. The first-order valence-corrected chi connectivity index (χ1v) is 8.23. The van der Waals surface area contributed by atoms with Crippen LogP contribution in [-0.2, 0) is 24.1 Å². The van der Waals surface area contributed by atoms with Crippen LogP contribution in [0.2, 0.25) is 0 Å². The number of hydrogen-bond acceptors (Lipinski definition) is 6. The molecule has 0 radical (unpaired) electrons. The SMILES string of the molecule is Cc1noc(CCCNC(=O)C(C)n2nc3c(cc2=O)CCC3)n1. The summed E-state index contributed by atoms with van der Waals surface area (Å²) in [4.78, 5) is 28.5. The molecule has 1 unspecified atom stereocenters. The van der Waals surface area contributed by atoms with E-state index in [4.69, 9.17) is 4.52 Å². The number of aromatic nitrogens is 4. The number of nitrogens with zero attached hydrogens (tertiary/aromatic N) is 4. The van der Waals surface area contributed by atoms with E-state index in [2.05, 4.69) is 20.6 Å². The fourth-order valence-electron chi connectivity index (χ4n) is 2.84. The van der Waals surface area contributed by atoms with Gasteiger partial charge in [0.2, 0.25) is 11.8 Å². The Balaban J connectivity index is 1.54. The minimum absolute atomic E-state index is 0.218. The lowest BCUT2D eigenvalue weighted by Gasteiger charge is -2.14. The van der Waals surface area contributed by atoms with Gasteiger partial charge in [-0.15, -0.1) is 0 Å². The van der Waals surface area contributed by atoms with Crippen molar-refractivity contribution in [3.05, 3.63) is 39.4 Å². The summed E-state index contributed by atoms with van der Waals surface area (Å²) in [5.74, 6) is 0.945. The Morgan fingerprint density at radius 1 is 1.46 bits per heavy atom. The van der Waals surface area contributed by atoms with E-state index < -0.39 is 6.04 Å². The summed E-state index contributed by atoms with van der Waals surface area (Å²) in [6, 6.07) is 0.978. The lowest BCUT2D eigenvalue weighted by molar-refractivity contribution is -0.124. The van der Waals surface area contributed by atoms with Crippen molar-refractivity contribution in [2.24, 2.45) is 0 Å². The molecule has 128 valence electrons. The lowest BCUT2D eigenvalue weighted by Crippen LogP contribution is -2.37. The van der Waals surface area contributed by atoms with Gasteiger partial charge in [0, 0.05) is 19.0 Å². The predicted octanol–water partition coefficient (Wildman–Crippen LogP) is 0.733. The molecule has 1 amide bonds. The van der Waals surface area contributed by atoms with E-state index in [1.54, 1.807) is 19.9 Å². The second-order valence-electron chi connectivity index (χ2n) is 6.06. The number of nitrogens with one attached hydrogen (secondary N) is 1. The minimum Gasteiger partial charge on any atom is -0.354 e. The molecule has 2 aromatic heterocycles. The molecule has 1 aliphatic carbocycles. The summed E-state index contributed by atoms with van der Waals surface area (Å²) in [6.45, 7) is 3.93. The molecule has 2 aromatic rings. The molecule has 0 aromatic carbocycles. The van der Waals surface area contributed by atoms with Crippen molar-refractivity contribution in [2.75, 3.05) is 6.54 Å². The van der Waals surface area contributed by atoms with Crippen LogP contribution >= 0.6 is 0 Å². The van der Waals surface area contributed by atoms with E-state index in [0.717, 1.165) is 30.5 Å². The molecule has 0 saturated carbocycles. The monoisotopic (exact) mass is 331 g/mol. The van der Waals surface area contributed by atoms with Crippen LogP contribution in [0.25, 0.3) is 0 Å². The van der Waals surface area contributed by atoms with Gasteiger partial charge in [-0.2, -0.15) is 10.1 Å². The maximum Gasteiger partial charge on any atom is 0.267 e. The summed E-state index contributed by atoms with van der Waals surface area (Å²) >= 11 is 0. The Labute approximate surface area is 139 Å². The molecule has 8 nitrogen and oxygen atoms in total. The molecular formula is C16H21N5O3. The van der Waals surface area contributed by atoms with Crippen LogP contribution in [-0.4, -0.2) is 32.4 Å². The normalized spacial score (nSPS) is 14.4. The van der Waals surface area contributed by atoms with Crippen LogP contribution in [0.5, 0.6) is 0 Å². The average Bonchev–Trinajstić information content (AvgIpc) is 3.18. The van der Waals surface area contributed by atoms with Crippen LogP contribution in [0.4, 0.5) is 0 Å². The number of hydrogen-bond donors (Lipinski definition) is 1. The third kappa shape index (κ3) is 3.52. The number of fused-ring (bicyclic) bond motifs is 1. The number of carbonyl (C=O) groups is 1. The Morgan fingerprint density at radius 3 is 3.04 bits per heavy atom. The molecule has 1 aliphatic rings. The second kappa shape index (κ2) is 6.94. The van der Waals surface area contributed by atoms with E-state index in [0.29, 0.717) is 31.1 Å². The van der Waals surface area contributed by atoms with Gasteiger partial charge in [0.15, 0.2) is 5.82 Å². The molecule has 0 aliphatic heterocycles. The van der Waals surface area contributed by atoms with Crippen LogP contribution < -0.4 is 10.9 Å². The smallest absolute Gasteiger partial charge is 0.267 e. The summed E-state index contributed by atoms with van der Waals surface area (Å²) in [5.41, 5.74) is 1.72. The first kappa shape index (κ1) is 16.4. The number of aryl methyl sites for hydroxylation is 4. The van der Waals surface area contributed by atoms with E-state index in [-0.39, 0.29) is 11.5 Å². The van der Waals surface area contributed by atoms with Crippen molar-refractivity contribution in [3.8, 4) is 0 Å². The molecular weight excluding hydrogens is 310 g/mol. The first-order chi connectivity index (χ1) is 11.5. The molecule has 0 fully saturated rings. The van der Waals surface area contributed by atoms with Gasteiger partial charge in [-0.3, -0.25) is 9.59 Å². The summed E-state index contributed by atoms with van der Waals surface area (Å²) in [6.07, 6.45) is 4.07. The highest BCUT2D eigenvalue weighted by Crippen LogP contribution is 2.17. The third-order valence-corrected chi connectivity index (χ3v) is 4.16. The van der Waals surface area contributed by atoms with Gasteiger partial charge in [0.1, 0.15) is 6.04 Å². The quantitative estimate of drug-likeness (QED) is 0.783. The van der Waals surface area contributed by atoms with Crippen molar-refractivity contribution in [2.45, 2.75) is 52.0 Å². The third-order valence-electron chi connectivity index (χ3n) is 4.16. The van der Waals surface area contributed by atoms with Gasteiger partial charge in [0.25, 0.3) is 5.56 Å². The van der Waals surface area contributed by atoms with Gasteiger partial charge < -0.3 is 9.84 Å². The number of amides is 1. The summed E-state index contributed by atoms with van der Waals surface area (Å²) in [5, 5.41) is 10.9. The Bertz CT molecular complexity index is 795. The maximum atomic E-state index is 12.2. The van der Waals surface area contributed by atoms with Crippen molar-refractivity contribution < 1.29 is 9.32 Å².